The van der Waals surface area contributed by atoms with E-state index in [1.165, 1.54) is 11.3 Å². The highest BCUT2D eigenvalue weighted by atomic mass is 32.1. The molecule has 2 aromatic rings. The first-order valence-electron chi connectivity index (χ1n) is 5.29. The molecule has 0 aliphatic carbocycles. The van der Waals surface area contributed by atoms with Gasteiger partial charge in [-0.3, -0.25) is 4.79 Å². The van der Waals surface area contributed by atoms with Crippen molar-refractivity contribution in [1.82, 2.24) is 10.3 Å². The van der Waals surface area contributed by atoms with Crippen molar-refractivity contribution in [2.45, 2.75) is 13.5 Å². The summed E-state index contributed by atoms with van der Waals surface area (Å²) in [5.74, 6) is 0. The number of hydrogen-bond acceptors (Lipinski definition) is 3. The van der Waals surface area contributed by atoms with Crippen LogP contribution in [-0.4, -0.2) is 11.5 Å². The standard InChI is InChI=1S/C12H14N2OS/c1-2-13-8-10-11(16-12(15)14-10)9-6-4-3-5-7-9/h3-7,13H,2,8H2,1H3,(H,14,15). The molecule has 0 bridgehead atoms. The molecule has 1 aromatic carbocycles. The predicted molar refractivity (Wildman–Crippen MR) is 67.8 cm³/mol. The molecular weight excluding hydrogens is 220 g/mol. The topological polar surface area (TPSA) is 44.9 Å². The van der Waals surface area contributed by atoms with Crippen molar-refractivity contribution in [2.24, 2.45) is 0 Å². The van der Waals surface area contributed by atoms with Crippen LogP contribution in [0, 0.1) is 0 Å². The lowest BCUT2D eigenvalue weighted by atomic mass is 10.1. The molecule has 2 rings (SSSR count). The maximum atomic E-state index is 11.4. The van der Waals surface area contributed by atoms with Crippen LogP contribution >= 0.6 is 11.3 Å². The van der Waals surface area contributed by atoms with Crippen LogP contribution in [0.25, 0.3) is 10.4 Å². The molecule has 3 nitrogen and oxygen atoms in total. The summed E-state index contributed by atoms with van der Waals surface area (Å²) in [6.45, 7) is 3.65. The number of thiazole rings is 1. The minimum absolute atomic E-state index is 0.00626. The van der Waals surface area contributed by atoms with Crippen molar-refractivity contribution in [3.8, 4) is 10.4 Å². The smallest absolute Gasteiger partial charge is 0.305 e. The van der Waals surface area contributed by atoms with Gasteiger partial charge in [-0.1, -0.05) is 48.6 Å². The van der Waals surface area contributed by atoms with E-state index in [2.05, 4.69) is 10.3 Å². The van der Waals surface area contributed by atoms with Gasteiger partial charge in [-0.2, -0.15) is 0 Å². The Morgan fingerprint density at radius 3 is 2.75 bits per heavy atom. The number of H-pyrrole nitrogens is 1. The van der Waals surface area contributed by atoms with E-state index in [4.69, 9.17) is 0 Å². The first-order valence-corrected chi connectivity index (χ1v) is 6.11. The van der Waals surface area contributed by atoms with Crippen LogP contribution in [0.2, 0.25) is 0 Å². The maximum Gasteiger partial charge on any atom is 0.305 e. The molecule has 0 radical (unpaired) electrons. The summed E-state index contributed by atoms with van der Waals surface area (Å²) in [5, 5.41) is 3.22. The van der Waals surface area contributed by atoms with Crippen molar-refractivity contribution in [3.05, 3.63) is 45.7 Å². The van der Waals surface area contributed by atoms with Gasteiger partial charge in [-0.15, -0.1) is 0 Å². The average molecular weight is 234 g/mol. The van der Waals surface area contributed by atoms with E-state index in [0.717, 1.165) is 22.7 Å². The van der Waals surface area contributed by atoms with Gasteiger partial charge in [0, 0.05) is 6.54 Å². The molecule has 0 aliphatic heterocycles. The second-order valence-corrected chi connectivity index (χ2v) is 4.45. The molecule has 2 N–H and O–H groups in total. The molecule has 0 atom stereocenters. The van der Waals surface area contributed by atoms with E-state index in [-0.39, 0.29) is 4.87 Å². The Morgan fingerprint density at radius 1 is 1.31 bits per heavy atom. The second-order valence-electron chi connectivity index (χ2n) is 3.47. The van der Waals surface area contributed by atoms with E-state index >= 15 is 0 Å². The summed E-state index contributed by atoms with van der Waals surface area (Å²) in [4.78, 5) is 15.3. The average Bonchev–Trinajstić information content (AvgIpc) is 2.69. The van der Waals surface area contributed by atoms with Gasteiger partial charge in [0.25, 0.3) is 0 Å². The summed E-state index contributed by atoms with van der Waals surface area (Å²) in [5.41, 5.74) is 2.07. The van der Waals surface area contributed by atoms with Gasteiger partial charge in [0.15, 0.2) is 0 Å². The molecule has 84 valence electrons. The predicted octanol–water partition coefficient (Wildman–Crippen LogP) is 2.21. The third kappa shape index (κ3) is 2.40. The van der Waals surface area contributed by atoms with Gasteiger partial charge in [0.2, 0.25) is 0 Å². The Balaban J connectivity index is 2.36. The minimum atomic E-state index is 0.00626. The van der Waals surface area contributed by atoms with Crippen LogP contribution in [0.3, 0.4) is 0 Å². The van der Waals surface area contributed by atoms with Crippen molar-refractivity contribution in [1.29, 1.82) is 0 Å². The summed E-state index contributed by atoms with van der Waals surface area (Å²) >= 11 is 1.27. The van der Waals surface area contributed by atoms with Crippen molar-refractivity contribution in [2.75, 3.05) is 6.54 Å². The summed E-state index contributed by atoms with van der Waals surface area (Å²) in [6, 6.07) is 9.99. The lowest BCUT2D eigenvalue weighted by molar-refractivity contribution is 0.714. The SMILES string of the molecule is CCNCc1[nH]c(=O)sc1-c1ccccc1. The second kappa shape index (κ2) is 5.09. The molecule has 16 heavy (non-hydrogen) atoms. The number of hydrogen-bond donors (Lipinski definition) is 2. The summed E-state index contributed by atoms with van der Waals surface area (Å²) in [7, 11) is 0. The molecule has 0 spiro atoms. The Labute approximate surface area is 98.2 Å². The highest BCUT2D eigenvalue weighted by Crippen LogP contribution is 2.24. The van der Waals surface area contributed by atoms with Crippen LogP contribution in [0.15, 0.2) is 35.1 Å². The van der Waals surface area contributed by atoms with Gasteiger partial charge in [-0.25, -0.2) is 0 Å². The number of rotatable bonds is 4. The quantitative estimate of drug-likeness (QED) is 0.852. The van der Waals surface area contributed by atoms with Gasteiger partial charge in [-0.05, 0) is 12.1 Å². The first-order chi connectivity index (χ1) is 7.81. The van der Waals surface area contributed by atoms with E-state index in [1.54, 1.807) is 0 Å². The molecule has 0 amide bonds. The number of aromatic nitrogens is 1. The van der Waals surface area contributed by atoms with E-state index < -0.39 is 0 Å². The minimum Gasteiger partial charge on any atom is -0.315 e. The van der Waals surface area contributed by atoms with Crippen molar-refractivity contribution < 1.29 is 0 Å². The first kappa shape index (κ1) is 11.1. The zero-order valence-corrected chi connectivity index (χ0v) is 9.93. The molecule has 0 saturated heterocycles. The fourth-order valence-corrected chi connectivity index (χ4v) is 2.42. The highest BCUT2D eigenvalue weighted by molar-refractivity contribution is 7.13. The molecule has 1 heterocycles. The lowest BCUT2D eigenvalue weighted by Gasteiger charge is -2.03. The van der Waals surface area contributed by atoms with Crippen molar-refractivity contribution in [3.63, 3.8) is 0 Å². The van der Waals surface area contributed by atoms with Gasteiger partial charge in [0.05, 0.1) is 10.6 Å². The van der Waals surface area contributed by atoms with Gasteiger partial charge in [0.1, 0.15) is 0 Å². The third-order valence-corrected chi connectivity index (χ3v) is 3.28. The third-order valence-electron chi connectivity index (χ3n) is 2.31. The van der Waals surface area contributed by atoms with E-state index in [0.29, 0.717) is 6.54 Å². The fraction of sp³-hybridized carbons (Fsp3) is 0.250. The van der Waals surface area contributed by atoms with Crippen LogP contribution < -0.4 is 10.2 Å². The maximum absolute atomic E-state index is 11.4. The molecular formula is C12H14N2OS. The Bertz CT molecular complexity index is 501. The Kier molecular flexibility index (Phi) is 3.54. The summed E-state index contributed by atoms with van der Waals surface area (Å²) < 4.78 is 0. The van der Waals surface area contributed by atoms with Crippen LogP contribution in [0.5, 0.6) is 0 Å². The molecule has 4 heteroatoms. The monoisotopic (exact) mass is 234 g/mol. The zero-order chi connectivity index (χ0) is 11.4. The van der Waals surface area contributed by atoms with E-state index in [9.17, 15) is 4.79 Å². The fourth-order valence-electron chi connectivity index (χ4n) is 1.56. The Morgan fingerprint density at radius 2 is 2.06 bits per heavy atom. The normalized spacial score (nSPS) is 10.6. The number of nitrogens with one attached hydrogen (secondary N) is 2. The number of benzene rings is 1. The highest BCUT2D eigenvalue weighted by Gasteiger charge is 2.08. The van der Waals surface area contributed by atoms with Crippen LogP contribution in [0.4, 0.5) is 0 Å². The molecule has 0 unspecified atom stereocenters. The lowest BCUT2D eigenvalue weighted by Crippen LogP contribution is -2.13. The molecule has 0 aliphatic rings. The van der Waals surface area contributed by atoms with Crippen LogP contribution in [-0.2, 0) is 6.54 Å². The summed E-state index contributed by atoms with van der Waals surface area (Å²) in [6.07, 6.45) is 0. The Hall–Kier alpha value is -1.39. The molecule has 0 saturated carbocycles. The van der Waals surface area contributed by atoms with Gasteiger partial charge < -0.3 is 10.3 Å². The van der Waals surface area contributed by atoms with Gasteiger partial charge >= 0.3 is 4.87 Å². The molecule has 1 aromatic heterocycles. The molecule has 0 fully saturated rings. The largest absolute Gasteiger partial charge is 0.315 e. The zero-order valence-electron chi connectivity index (χ0n) is 9.12. The van der Waals surface area contributed by atoms with Crippen LogP contribution in [0.1, 0.15) is 12.6 Å². The van der Waals surface area contributed by atoms with Crippen molar-refractivity contribution >= 4 is 11.3 Å². The van der Waals surface area contributed by atoms with E-state index in [1.807, 2.05) is 37.3 Å². The number of aromatic amines is 1.